The van der Waals surface area contributed by atoms with Gasteiger partial charge in [-0.25, -0.2) is 0 Å². The Morgan fingerprint density at radius 1 is 1.61 bits per heavy atom. The summed E-state index contributed by atoms with van der Waals surface area (Å²) in [4.78, 5) is 10.1. The zero-order valence-corrected chi connectivity index (χ0v) is 11.2. The molecule has 0 saturated carbocycles. The molecule has 1 N–H and O–H groups in total. The normalized spacial score (nSPS) is 11.6. The van der Waals surface area contributed by atoms with Gasteiger partial charge in [-0.05, 0) is 24.8 Å². The minimum atomic E-state index is -0.544. The zero-order valence-electron chi connectivity index (χ0n) is 10.3. The van der Waals surface area contributed by atoms with E-state index < -0.39 is 4.92 Å². The fourth-order valence-electron chi connectivity index (χ4n) is 1.43. The molecule has 0 saturated heterocycles. The number of thioether (sulfide) groups is 1. The Morgan fingerprint density at radius 3 is 2.89 bits per heavy atom. The van der Waals surface area contributed by atoms with Crippen LogP contribution in [0.1, 0.15) is 18.9 Å². The predicted molar refractivity (Wildman–Crippen MR) is 73.9 cm³/mol. The van der Waals surface area contributed by atoms with Crippen molar-refractivity contribution in [3.63, 3.8) is 0 Å². The number of nitrogens with one attached hydrogen (secondary N) is 1. The highest BCUT2D eigenvalue weighted by Crippen LogP contribution is 2.22. The Balaban J connectivity index is 2.69. The standard InChI is InChI=1S/C12H15N3O2S/c1-9(18-2)5-6-14-11-3-4-12(15(16)17)10(7-11)8-13/h3-4,7,9,14H,5-6H2,1-2H3. The van der Waals surface area contributed by atoms with E-state index in [1.54, 1.807) is 17.8 Å². The van der Waals surface area contributed by atoms with E-state index in [0.29, 0.717) is 5.25 Å². The summed E-state index contributed by atoms with van der Waals surface area (Å²) in [5, 5.41) is 23.2. The number of nitrogens with zero attached hydrogens (tertiary/aromatic N) is 2. The first-order chi connectivity index (χ1) is 8.58. The van der Waals surface area contributed by atoms with Gasteiger partial charge in [0, 0.05) is 23.5 Å². The maximum atomic E-state index is 10.7. The lowest BCUT2D eigenvalue weighted by molar-refractivity contribution is -0.385. The fourth-order valence-corrected chi connectivity index (χ4v) is 1.79. The summed E-state index contributed by atoms with van der Waals surface area (Å²) in [6.45, 7) is 2.92. The first-order valence-electron chi connectivity index (χ1n) is 5.53. The molecule has 96 valence electrons. The molecule has 0 bridgehead atoms. The van der Waals surface area contributed by atoms with Crippen LogP contribution in [-0.4, -0.2) is 23.0 Å². The number of anilines is 1. The number of nitro groups is 1. The summed E-state index contributed by atoms with van der Waals surface area (Å²) in [5.74, 6) is 0. The molecule has 1 aromatic carbocycles. The van der Waals surface area contributed by atoms with Crippen molar-refractivity contribution in [3.8, 4) is 6.07 Å². The van der Waals surface area contributed by atoms with Crippen LogP contribution in [0.4, 0.5) is 11.4 Å². The van der Waals surface area contributed by atoms with Gasteiger partial charge in [-0.3, -0.25) is 10.1 Å². The summed E-state index contributed by atoms with van der Waals surface area (Å²) in [5.41, 5.74) is 0.675. The summed E-state index contributed by atoms with van der Waals surface area (Å²) in [6, 6.07) is 6.35. The smallest absolute Gasteiger partial charge is 0.287 e. The van der Waals surface area contributed by atoms with Crippen LogP contribution in [0.15, 0.2) is 18.2 Å². The molecule has 5 nitrogen and oxygen atoms in total. The van der Waals surface area contributed by atoms with Crippen LogP contribution in [-0.2, 0) is 0 Å². The third-order valence-corrected chi connectivity index (χ3v) is 3.64. The number of nitro benzene ring substituents is 1. The highest BCUT2D eigenvalue weighted by Gasteiger charge is 2.13. The molecule has 0 heterocycles. The molecule has 1 unspecified atom stereocenters. The number of hydrogen-bond acceptors (Lipinski definition) is 5. The van der Waals surface area contributed by atoms with E-state index >= 15 is 0 Å². The summed E-state index contributed by atoms with van der Waals surface area (Å²) >= 11 is 1.79. The molecular formula is C12H15N3O2S. The Morgan fingerprint density at radius 2 is 2.33 bits per heavy atom. The van der Waals surface area contributed by atoms with Gasteiger partial charge < -0.3 is 5.32 Å². The number of nitriles is 1. The van der Waals surface area contributed by atoms with Crippen LogP contribution in [0, 0.1) is 21.4 Å². The maximum absolute atomic E-state index is 10.7. The zero-order chi connectivity index (χ0) is 13.5. The lowest BCUT2D eigenvalue weighted by Gasteiger charge is -2.10. The van der Waals surface area contributed by atoms with E-state index in [-0.39, 0.29) is 11.3 Å². The van der Waals surface area contributed by atoms with Gasteiger partial charge in [0.15, 0.2) is 0 Å². The van der Waals surface area contributed by atoms with Crippen molar-refractivity contribution in [2.45, 2.75) is 18.6 Å². The number of benzene rings is 1. The average Bonchev–Trinajstić information content (AvgIpc) is 2.37. The van der Waals surface area contributed by atoms with E-state index in [1.165, 1.54) is 12.1 Å². The Bertz CT molecular complexity index is 471. The van der Waals surface area contributed by atoms with Gasteiger partial charge in [0.2, 0.25) is 0 Å². The minimum Gasteiger partial charge on any atom is -0.385 e. The van der Waals surface area contributed by atoms with Crippen LogP contribution in [0.25, 0.3) is 0 Å². The first kappa shape index (κ1) is 14.3. The van der Waals surface area contributed by atoms with Crippen molar-refractivity contribution >= 4 is 23.1 Å². The highest BCUT2D eigenvalue weighted by atomic mass is 32.2. The van der Waals surface area contributed by atoms with Crippen LogP contribution < -0.4 is 5.32 Å². The summed E-state index contributed by atoms with van der Waals surface area (Å²) < 4.78 is 0. The van der Waals surface area contributed by atoms with Gasteiger partial charge in [0.25, 0.3) is 5.69 Å². The van der Waals surface area contributed by atoms with E-state index in [2.05, 4.69) is 18.5 Å². The van der Waals surface area contributed by atoms with Gasteiger partial charge in [-0.2, -0.15) is 17.0 Å². The topological polar surface area (TPSA) is 79.0 Å². The Hall–Kier alpha value is -1.74. The van der Waals surface area contributed by atoms with Crippen molar-refractivity contribution < 1.29 is 4.92 Å². The molecule has 1 rings (SSSR count). The molecule has 0 spiro atoms. The van der Waals surface area contributed by atoms with Crippen LogP contribution in [0.5, 0.6) is 0 Å². The van der Waals surface area contributed by atoms with E-state index in [1.807, 2.05) is 6.07 Å². The molecule has 0 aromatic heterocycles. The minimum absolute atomic E-state index is 0.0860. The molecule has 1 atom stereocenters. The molecule has 0 radical (unpaired) electrons. The van der Waals surface area contributed by atoms with Gasteiger partial charge in [0.1, 0.15) is 11.6 Å². The van der Waals surface area contributed by atoms with Gasteiger partial charge in [-0.1, -0.05) is 6.92 Å². The lowest BCUT2D eigenvalue weighted by atomic mass is 10.1. The second-order valence-electron chi connectivity index (χ2n) is 3.86. The monoisotopic (exact) mass is 265 g/mol. The molecule has 0 aliphatic rings. The SMILES string of the molecule is CSC(C)CCNc1ccc([N+](=O)[O-])c(C#N)c1. The molecule has 0 aliphatic carbocycles. The molecular weight excluding hydrogens is 250 g/mol. The van der Waals surface area contributed by atoms with Crippen molar-refractivity contribution in [1.29, 1.82) is 5.26 Å². The molecule has 18 heavy (non-hydrogen) atoms. The largest absolute Gasteiger partial charge is 0.385 e. The lowest BCUT2D eigenvalue weighted by Crippen LogP contribution is -2.08. The Labute approximate surface area is 110 Å². The van der Waals surface area contributed by atoms with Crippen LogP contribution in [0.2, 0.25) is 0 Å². The fraction of sp³-hybridized carbons (Fsp3) is 0.417. The van der Waals surface area contributed by atoms with Crippen molar-refractivity contribution in [3.05, 3.63) is 33.9 Å². The van der Waals surface area contributed by atoms with E-state index in [0.717, 1.165) is 18.7 Å². The van der Waals surface area contributed by atoms with Crippen LogP contribution >= 0.6 is 11.8 Å². The van der Waals surface area contributed by atoms with Crippen LogP contribution in [0.3, 0.4) is 0 Å². The predicted octanol–water partition coefficient (Wildman–Crippen LogP) is 3.02. The molecule has 1 aromatic rings. The quantitative estimate of drug-likeness (QED) is 0.631. The molecule has 6 heteroatoms. The second-order valence-corrected chi connectivity index (χ2v) is 5.14. The number of hydrogen-bond donors (Lipinski definition) is 1. The highest BCUT2D eigenvalue weighted by molar-refractivity contribution is 7.99. The summed E-state index contributed by atoms with van der Waals surface area (Å²) in [7, 11) is 0. The third-order valence-electron chi connectivity index (χ3n) is 2.60. The van der Waals surface area contributed by atoms with Gasteiger partial charge in [0.05, 0.1) is 4.92 Å². The molecule has 0 fully saturated rings. The number of rotatable bonds is 6. The second kappa shape index (κ2) is 6.87. The average molecular weight is 265 g/mol. The van der Waals surface area contributed by atoms with E-state index in [9.17, 15) is 10.1 Å². The third kappa shape index (κ3) is 3.93. The molecule has 0 amide bonds. The molecule has 0 aliphatic heterocycles. The van der Waals surface area contributed by atoms with Crippen molar-refractivity contribution in [2.24, 2.45) is 0 Å². The maximum Gasteiger partial charge on any atom is 0.287 e. The van der Waals surface area contributed by atoms with Crippen molar-refractivity contribution in [2.75, 3.05) is 18.1 Å². The summed E-state index contributed by atoms with van der Waals surface area (Å²) in [6.07, 6.45) is 3.06. The Kier molecular flexibility index (Phi) is 5.46. The first-order valence-corrected chi connectivity index (χ1v) is 6.82. The van der Waals surface area contributed by atoms with Gasteiger partial charge in [-0.15, -0.1) is 0 Å². The van der Waals surface area contributed by atoms with E-state index in [4.69, 9.17) is 5.26 Å². The van der Waals surface area contributed by atoms with Crippen molar-refractivity contribution in [1.82, 2.24) is 0 Å². The van der Waals surface area contributed by atoms with Gasteiger partial charge >= 0.3 is 0 Å².